The lowest BCUT2D eigenvalue weighted by Crippen LogP contribution is -2.24. The topological polar surface area (TPSA) is 103 Å². The van der Waals surface area contributed by atoms with Crippen LogP contribution in [-0.4, -0.2) is 31.8 Å². The molecular formula is C17H16FN5O2S2. The molecule has 2 heterocycles. The second-order valence-electron chi connectivity index (χ2n) is 5.60. The van der Waals surface area contributed by atoms with Gasteiger partial charge in [-0.05, 0) is 36.6 Å². The fraction of sp³-hybridized carbons (Fsp3) is 0.176. The number of rotatable bonds is 7. The highest BCUT2D eigenvalue weighted by atomic mass is 32.2. The maximum absolute atomic E-state index is 13.3. The Morgan fingerprint density at radius 3 is 2.81 bits per heavy atom. The first-order chi connectivity index (χ1) is 12.9. The molecule has 0 aliphatic heterocycles. The van der Waals surface area contributed by atoms with Gasteiger partial charge in [-0.2, -0.15) is 0 Å². The minimum absolute atomic E-state index is 0.0964. The van der Waals surface area contributed by atoms with E-state index in [0.29, 0.717) is 16.7 Å². The number of carbonyl (C=O) groups is 2. The lowest BCUT2D eigenvalue weighted by Gasteiger charge is -2.13. The van der Waals surface area contributed by atoms with E-state index < -0.39 is 17.0 Å². The Hall–Kier alpha value is -2.72. The fourth-order valence-electron chi connectivity index (χ4n) is 2.28. The van der Waals surface area contributed by atoms with Crippen molar-refractivity contribution in [3.05, 3.63) is 47.6 Å². The van der Waals surface area contributed by atoms with E-state index in [1.54, 1.807) is 17.6 Å². The number of nitrogens with zero attached hydrogens (tertiary/aromatic N) is 3. The number of carbonyl (C=O) groups excluding carboxylic acids is 2. The summed E-state index contributed by atoms with van der Waals surface area (Å²) in [6.45, 7) is 1.59. The molecule has 0 radical (unpaired) electrons. The van der Waals surface area contributed by atoms with Crippen LogP contribution in [0.15, 0.2) is 46.9 Å². The summed E-state index contributed by atoms with van der Waals surface area (Å²) in [5, 5.41) is 12.6. The largest absolute Gasteiger partial charge is 0.368 e. The molecule has 0 aliphatic rings. The van der Waals surface area contributed by atoms with E-state index >= 15 is 0 Å². The number of halogens is 1. The minimum Gasteiger partial charge on any atom is -0.368 e. The Bertz CT molecular complexity index is 958. The third-order valence-corrected chi connectivity index (χ3v) is 5.46. The molecule has 7 nitrogen and oxygen atoms in total. The Morgan fingerprint density at radius 2 is 2.15 bits per heavy atom. The first kappa shape index (κ1) is 19.1. The summed E-state index contributed by atoms with van der Waals surface area (Å²) in [5.74, 6) is -0.776. The summed E-state index contributed by atoms with van der Waals surface area (Å²) in [5.41, 5.74) is 5.71. The maximum Gasteiger partial charge on any atom is 0.237 e. The molecule has 0 fully saturated rings. The molecule has 2 amide bonds. The van der Waals surface area contributed by atoms with Crippen molar-refractivity contribution in [2.24, 2.45) is 5.73 Å². The molecule has 0 unspecified atom stereocenters. The van der Waals surface area contributed by atoms with Gasteiger partial charge in [0.1, 0.15) is 12.4 Å². The number of thiophene rings is 1. The number of hydrogen-bond acceptors (Lipinski definition) is 6. The molecule has 0 aliphatic carbocycles. The van der Waals surface area contributed by atoms with Crippen molar-refractivity contribution in [3.63, 3.8) is 0 Å². The van der Waals surface area contributed by atoms with Crippen LogP contribution in [0, 0.1) is 5.82 Å². The van der Waals surface area contributed by atoms with E-state index in [2.05, 4.69) is 15.5 Å². The molecule has 1 atom stereocenters. The zero-order valence-corrected chi connectivity index (χ0v) is 15.9. The molecule has 0 bridgehead atoms. The van der Waals surface area contributed by atoms with Crippen molar-refractivity contribution in [2.75, 3.05) is 5.32 Å². The molecule has 3 N–H and O–H groups in total. The minimum atomic E-state index is -0.555. The SMILES string of the molecule is C[C@@H](Sc1nnc(-c2cccs2)n1CC(N)=O)C(=O)Nc1cccc(F)c1. The summed E-state index contributed by atoms with van der Waals surface area (Å²) in [4.78, 5) is 24.7. The first-order valence-corrected chi connectivity index (χ1v) is 9.68. The lowest BCUT2D eigenvalue weighted by atomic mass is 10.3. The molecule has 0 spiro atoms. The van der Waals surface area contributed by atoms with Crippen LogP contribution in [0.5, 0.6) is 0 Å². The maximum atomic E-state index is 13.3. The summed E-state index contributed by atoms with van der Waals surface area (Å²) >= 11 is 2.60. The second-order valence-corrected chi connectivity index (χ2v) is 7.85. The number of nitrogens with two attached hydrogens (primary N) is 1. The van der Waals surface area contributed by atoms with E-state index in [-0.39, 0.29) is 12.5 Å². The standard InChI is InChI=1S/C17H16FN5O2S2/c1-10(16(25)20-12-5-2-4-11(18)8-12)27-17-22-21-15(13-6-3-7-26-13)23(17)9-14(19)24/h2-8,10H,9H2,1H3,(H2,19,24)(H,20,25)/t10-/m1/s1. The Balaban J connectivity index is 1.77. The quantitative estimate of drug-likeness (QED) is 0.589. The number of aromatic nitrogens is 3. The molecule has 1 aromatic carbocycles. The average Bonchev–Trinajstić information content (AvgIpc) is 3.25. The van der Waals surface area contributed by atoms with Gasteiger partial charge in [0.15, 0.2) is 11.0 Å². The highest BCUT2D eigenvalue weighted by molar-refractivity contribution is 8.00. The third kappa shape index (κ3) is 4.72. The van der Waals surface area contributed by atoms with Gasteiger partial charge in [0.25, 0.3) is 0 Å². The molecule has 2 aromatic heterocycles. The predicted molar refractivity (Wildman–Crippen MR) is 103 cm³/mol. The smallest absolute Gasteiger partial charge is 0.237 e. The monoisotopic (exact) mass is 405 g/mol. The Morgan fingerprint density at radius 1 is 1.33 bits per heavy atom. The first-order valence-electron chi connectivity index (χ1n) is 7.92. The van der Waals surface area contributed by atoms with E-state index in [4.69, 9.17) is 5.73 Å². The summed E-state index contributed by atoms with van der Waals surface area (Å²) in [6.07, 6.45) is 0. The van der Waals surface area contributed by atoms with Gasteiger partial charge in [-0.1, -0.05) is 23.9 Å². The number of hydrogen-bond donors (Lipinski definition) is 2. The van der Waals surface area contributed by atoms with E-state index in [1.165, 1.54) is 29.5 Å². The van der Waals surface area contributed by atoms with Crippen LogP contribution in [-0.2, 0) is 16.1 Å². The van der Waals surface area contributed by atoms with Crippen LogP contribution < -0.4 is 11.1 Å². The van der Waals surface area contributed by atoms with Crippen molar-refractivity contribution in [2.45, 2.75) is 23.9 Å². The number of amides is 2. The molecule has 140 valence electrons. The lowest BCUT2D eigenvalue weighted by molar-refractivity contribution is -0.118. The number of benzene rings is 1. The van der Waals surface area contributed by atoms with Crippen LogP contribution in [0.2, 0.25) is 0 Å². The summed E-state index contributed by atoms with van der Waals surface area (Å²) < 4.78 is 14.8. The van der Waals surface area contributed by atoms with Crippen molar-refractivity contribution in [3.8, 4) is 10.7 Å². The van der Waals surface area contributed by atoms with Gasteiger partial charge in [-0.3, -0.25) is 14.2 Å². The number of thioether (sulfide) groups is 1. The van der Waals surface area contributed by atoms with Crippen LogP contribution in [0.25, 0.3) is 10.7 Å². The Labute approximate surface area is 162 Å². The van der Waals surface area contributed by atoms with Gasteiger partial charge in [-0.25, -0.2) is 4.39 Å². The van der Waals surface area contributed by atoms with Crippen LogP contribution >= 0.6 is 23.1 Å². The molecular weight excluding hydrogens is 389 g/mol. The molecule has 0 saturated carbocycles. The van der Waals surface area contributed by atoms with Gasteiger partial charge in [-0.15, -0.1) is 21.5 Å². The molecule has 3 aromatic rings. The second kappa shape index (κ2) is 8.31. The zero-order valence-electron chi connectivity index (χ0n) is 14.3. The van der Waals surface area contributed by atoms with Gasteiger partial charge >= 0.3 is 0 Å². The van der Waals surface area contributed by atoms with Gasteiger partial charge in [0, 0.05) is 5.69 Å². The predicted octanol–water partition coefficient (Wildman–Crippen LogP) is 2.75. The third-order valence-electron chi connectivity index (χ3n) is 3.52. The van der Waals surface area contributed by atoms with Crippen molar-refractivity contribution >= 4 is 40.6 Å². The normalized spacial score (nSPS) is 11.9. The number of nitrogens with one attached hydrogen (secondary N) is 1. The van der Waals surface area contributed by atoms with Gasteiger partial charge < -0.3 is 11.1 Å². The van der Waals surface area contributed by atoms with Crippen LogP contribution in [0.3, 0.4) is 0 Å². The van der Waals surface area contributed by atoms with Gasteiger partial charge in [0.2, 0.25) is 11.8 Å². The number of anilines is 1. The van der Waals surface area contributed by atoms with Crippen molar-refractivity contribution in [1.82, 2.24) is 14.8 Å². The zero-order chi connectivity index (χ0) is 19.4. The summed E-state index contributed by atoms with van der Waals surface area (Å²) in [6, 6.07) is 9.38. The van der Waals surface area contributed by atoms with Crippen LogP contribution in [0.1, 0.15) is 6.92 Å². The van der Waals surface area contributed by atoms with Crippen LogP contribution in [0.4, 0.5) is 10.1 Å². The highest BCUT2D eigenvalue weighted by Gasteiger charge is 2.22. The van der Waals surface area contributed by atoms with E-state index in [0.717, 1.165) is 16.6 Å². The summed E-state index contributed by atoms with van der Waals surface area (Å²) in [7, 11) is 0. The molecule has 3 rings (SSSR count). The fourth-order valence-corrected chi connectivity index (χ4v) is 3.85. The van der Waals surface area contributed by atoms with E-state index in [9.17, 15) is 14.0 Å². The molecule has 27 heavy (non-hydrogen) atoms. The van der Waals surface area contributed by atoms with Crippen molar-refractivity contribution < 1.29 is 14.0 Å². The Kier molecular flexibility index (Phi) is 5.87. The highest BCUT2D eigenvalue weighted by Crippen LogP contribution is 2.29. The van der Waals surface area contributed by atoms with E-state index in [1.807, 2.05) is 17.5 Å². The molecule has 0 saturated heterocycles. The van der Waals surface area contributed by atoms with Crippen molar-refractivity contribution in [1.29, 1.82) is 0 Å². The molecule has 10 heteroatoms. The van der Waals surface area contributed by atoms with Gasteiger partial charge in [0.05, 0.1) is 10.1 Å². The average molecular weight is 405 g/mol. The number of primary amides is 1.